The molecule has 0 aliphatic carbocycles. The van der Waals surface area contributed by atoms with Crippen LogP contribution >= 0.6 is 11.3 Å². The predicted octanol–water partition coefficient (Wildman–Crippen LogP) is 3.52. The minimum Gasteiger partial charge on any atom is -0.352 e. The molecule has 4 heterocycles. The third-order valence-electron chi connectivity index (χ3n) is 5.42. The number of carbonyl (C=O) groups is 1. The molecular formula is C22H21FN6OS. The first-order valence-electron chi connectivity index (χ1n) is 10.2. The molecule has 1 aliphatic heterocycles. The van der Waals surface area contributed by atoms with Gasteiger partial charge in [-0.3, -0.25) is 9.78 Å². The number of fused-ring (bicyclic) bond motifs is 1. The van der Waals surface area contributed by atoms with Crippen LogP contribution in [0.15, 0.2) is 55.0 Å². The number of hydrogen-bond donors (Lipinski definition) is 1. The van der Waals surface area contributed by atoms with E-state index in [0.29, 0.717) is 13.1 Å². The van der Waals surface area contributed by atoms with Crippen molar-refractivity contribution < 1.29 is 9.18 Å². The molecule has 3 aromatic heterocycles. The second kappa shape index (κ2) is 8.43. The summed E-state index contributed by atoms with van der Waals surface area (Å²) in [6.07, 6.45) is 7.14. The first-order chi connectivity index (χ1) is 15.2. The average molecular weight is 437 g/mol. The Hall–Kier alpha value is -3.33. The highest BCUT2D eigenvalue weighted by Gasteiger charge is 2.27. The lowest BCUT2D eigenvalue weighted by Crippen LogP contribution is -2.43. The highest BCUT2D eigenvalue weighted by molar-refractivity contribution is 7.20. The van der Waals surface area contributed by atoms with Gasteiger partial charge in [0.15, 0.2) is 0 Å². The first kappa shape index (κ1) is 19.6. The first-order valence-corrected chi connectivity index (χ1v) is 11.0. The van der Waals surface area contributed by atoms with Crippen LogP contribution in [0.4, 0.5) is 9.52 Å². The number of pyridine rings is 1. The summed E-state index contributed by atoms with van der Waals surface area (Å²) < 4.78 is 14.9. The molecule has 1 aromatic carbocycles. The number of piperidine rings is 1. The SMILES string of the molecule is O=C(NCc1cccnc1)C1CCCN(c2nn3cc(-c4ccc(F)cc4)nc3s2)C1. The lowest BCUT2D eigenvalue weighted by molar-refractivity contribution is -0.125. The smallest absolute Gasteiger partial charge is 0.225 e. The maximum atomic E-state index is 13.2. The number of anilines is 1. The van der Waals surface area contributed by atoms with E-state index in [1.807, 2.05) is 18.3 Å². The molecule has 0 saturated carbocycles. The number of imidazole rings is 1. The Morgan fingerprint density at radius 3 is 2.90 bits per heavy atom. The van der Waals surface area contributed by atoms with E-state index in [4.69, 9.17) is 0 Å². The van der Waals surface area contributed by atoms with Gasteiger partial charge >= 0.3 is 0 Å². The Morgan fingerprint density at radius 2 is 2.13 bits per heavy atom. The molecule has 1 amide bonds. The molecule has 1 saturated heterocycles. The Balaban J connectivity index is 1.25. The van der Waals surface area contributed by atoms with Gasteiger partial charge in [0, 0.05) is 37.6 Å². The minimum atomic E-state index is -0.269. The van der Waals surface area contributed by atoms with Crippen molar-refractivity contribution in [2.75, 3.05) is 18.0 Å². The molecule has 1 aliphatic rings. The number of nitrogens with one attached hydrogen (secondary N) is 1. The number of halogens is 1. The largest absolute Gasteiger partial charge is 0.352 e. The summed E-state index contributed by atoms with van der Waals surface area (Å²) >= 11 is 1.50. The van der Waals surface area contributed by atoms with Gasteiger partial charge < -0.3 is 10.2 Å². The Kier molecular flexibility index (Phi) is 5.33. The summed E-state index contributed by atoms with van der Waals surface area (Å²) in [4.78, 5) is 24.3. The normalized spacial score (nSPS) is 16.5. The van der Waals surface area contributed by atoms with E-state index in [9.17, 15) is 9.18 Å². The number of benzene rings is 1. The van der Waals surface area contributed by atoms with E-state index >= 15 is 0 Å². The van der Waals surface area contributed by atoms with E-state index in [1.165, 1.54) is 23.5 Å². The fraction of sp³-hybridized carbons (Fsp3) is 0.273. The lowest BCUT2D eigenvalue weighted by Gasteiger charge is -2.31. The maximum Gasteiger partial charge on any atom is 0.225 e. The molecule has 5 rings (SSSR count). The fourth-order valence-electron chi connectivity index (χ4n) is 3.78. The Labute approximate surface area is 182 Å². The summed E-state index contributed by atoms with van der Waals surface area (Å²) in [6, 6.07) is 10.1. The van der Waals surface area contributed by atoms with Crippen LogP contribution in [0.25, 0.3) is 16.2 Å². The van der Waals surface area contributed by atoms with Crippen LogP contribution in [0.1, 0.15) is 18.4 Å². The van der Waals surface area contributed by atoms with Crippen LogP contribution in [-0.4, -0.2) is 38.6 Å². The van der Waals surface area contributed by atoms with Crippen molar-refractivity contribution in [2.24, 2.45) is 5.92 Å². The Morgan fingerprint density at radius 1 is 1.26 bits per heavy atom. The van der Waals surface area contributed by atoms with E-state index in [0.717, 1.165) is 46.3 Å². The molecular weight excluding hydrogens is 415 g/mol. The zero-order chi connectivity index (χ0) is 21.2. The molecule has 31 heavy (non-hydrogen) atoms. The molecule has 7 nitrogen and oxygen atoms in total. The van der Waals surface area contributed by atoms with Gasteiger partial charge in [-0.2, -0.15) is 0 Å². The number of carbonyl (C=O) groups excluding carboxylic acids is 1. The van der Waals surface area contributed by atoms with Crippen molar-refractivity contribution in [1.82, 2.24) is 24.9 Å². The summed E-state index contributed by atoms with van der Waals surface area (Å²) in [5.41, 5.74) is 2.60. The van der Waals surface area contributed by atoms with Gasteiger partial charge in [0.2, 0.25) is 16.0 Å². The molecule has 0 bridgehead atoms. The zero-order valence-corrected chi connectivity index (χ0v) is 17.6. The molecule has 1 atom stereocenters. The highest BCUT2D eigenvalue weighted by atomic mass is 32.1. The predicted molar refractivity (Wildman–Crippen MR) is 117 cm³/mol. The second-order valence-electron chi connectivity index (χ2n) is 7.61. The average Bonchev–Trinajstić information content (AvgIpc) is 3.38. The van der Waals surface area contributed by atoms with Gasteiger partial charge in [0.1, 0.15) is 5.82 Å². The van der Waals surface area contributed by atoms with Crippen molar-refractivity contribution >= 4 is 27.3 Å². The number of aromatic nitrogens is 4. The van der Waals surface area contributed by atoms with E-state index in [-0.39, 0.29) is 17.6 Å². The molecule has 0 spiro atoms. The number of rotatable bonds is 5. The monoisotopic (exact) mass is 436 g/mol. The molecule has 4 aromatic rings. The topological polar surface area (TPSA) is 75.4 Å². The standard InChI is InChI=1S/C22H21FN6OS/c23-18-7-5-16(6-8-18)19-14-29-21(26-19)31-22(27-29)28-10-2-4-17(13-28)20(30)25-12-15-3-1-9-24-11-15/h1,3,5-9,11,14,17H,2,4,10,12-13H2,(H,25,30). The van der Waals surface area contributed by atoms with E-state index in [2.05, 4.69) is 25.3 Å². The lowest BCUT2D eigenvalue weighted by atomic mass is 9.97. The number of amides is 1. The van der Waals surface area contributed by atoms with E-state index < -0.39 is 0 Å². The van der Waals surface area contributed by atoms with Crippen molar-refractivity contribution in [3.05, 3.63) is 66.4 Å². The van der Waals surface area contributed by atoms with Gasteiger partial charge in [-0.1, -0.05) is 17.4 Å². The van der Waals surface area contributed by atoms with Crippen LogP contribution in [0.2, 0.25) is 0 Å². The van der Waals surface area contributed by atoms with Gasteiger partial charge in [-0.15, -0.1) is 5.10 Å². The fourth-order valence-corrected chi connectivity index (χ4v) is 4.70. The second-order valence-corrected chi connectivity index (χ2v) is 8.54. The number of hydrogen-bond acceptors (Lipinski definition) is 6. The van der Waals surface area contributed by atoms with Crippen molar-refractivity contribution in [3.8, 4) is 11.3 Å². The zero-order valence-electron chi connectivity index (χ0n) is 16.7. The van der Waals surface area contributed by atoms with Crippen LogP contribution < -0.4 is 10.2 Å². The number of nitrogens with zero attached hydrogens (tertiary/aromatic N) is 5. The van der Waals surface area contributed by atoms with E-state index in [1.54, 1.807) is 29.0 Å². The van der Waals surface area contributed by atoms with Crippen molar-refractivity contribution in [3.63, 3.8) is 0 Å². The molecule has 1 unspecified atom stereocenters. The van der Waals surface area contributed by atoms with Gasteiger partial charge in [0.05, 0.1) is 17.8 Å². The van der Waals surface area contributed by atoms with Crippen LogP contribution in [-0.2, 0) is 11.3 Å². The molecule has 9 heteroatoms. The summed E-state index contributed by atoms with van der Waals surface area (Å²) in [7, 11) is 0. The molecule has 0 radical (unpaired) electrons. The summed E-state index contributed by atoms with van der Waals surface area (Å²) in [6.45, 7) is 1.99. The molecule has 1 fully saturated rings. The van der Waals surface area contributed by atoms with Crippen LogP contribution in [0.5, 0.6) is 0 Å². The highest BCUT2D eigenvalue weighted by Crippen LogP contribution is 2.29. The third-order valence-corrected chi connectivity index (χ3v) is 6.41. The van der Waals surface area contributed by atoms with Crippen molar-refractivity contribution in [2.45, 2.75) is 19.4 Å². The Bertz CT molecular complexity index is 1160. The summed E-state index contributed by atoms with van der Waals surface area (Å²) in [5.74, 6) is -0.279. The van der Waals surface area contributed by atoms with Crippen LogP contribution in [0, 0.1) is 11.7 Å². The third kappa shape index (κ3) is 4.27. The molecule has 158 valence electrons. The van der Waals surface area contributed by atoms with Gasteiger partial charge in [0.25, 0.3) is 0 Å². The van der Waals surface area contributed by atoms with Crippen LogP contribution in [0.3, 0.4) is 0 Å². The van der Waals surface area contributed by atoms with Gasteiger partial charge in [-0.25, -0.2) is 13.9 Å². The maximum absolute atomic E-state index is 13.2. The minimum absolute atomic E-state index is 0.0634. The van der Waals surface area contributed by atoms with Crippen molar-refractivity contribution in [1.29, 1.82) is 0 Å². The summed E-state index contributed by atoms with van der Waals surface area (Å²) in [5, 5.41) is 8.56. The van der Waals surface area contributed by atoms with Gasteiger partial charge in [-0.05, 0) is 48.7 Å². The quantitative estimate of drug-likeness (QED) is 0.518. The molecule has 1 N–H and O–H groups in total.